The zero-order valence-corrected chi connectivity index (χ0v) is 20.7. The highest BCUT2D eigenvalue weighted by atomic mass is 16.7. The molecule has 0 heterocycles. The summed E-state index contributed by atoms with van der Waals surface area (Å²) in [6.07, 6.45) is 11.1. The molecule has 4 fully saturated rings. The Morgan fingerprint density at radius 1 is 1.03 bits per heavy atom. The topological polar surface area (TPSA) is 83.0 Å². The first-order chi connectivity index (χ1) is 15.3. The molecule has 32 heavy (non-hydrogen) atoms. The number of fused-ring (bicyclic) bond motifs is 5. The zero-order chi connectivity index (χ0) is 22.9. The largest absolute Gasteiger partial charge is 0.433 e. The van der Waals surface area contributed by atoms with Gasteiger partial charge in [-0.1, -0.05) is 19.0 Å². The first kappa shape index (κ1) is 24.0. The molecule has 0 aromatic carbocycles. The van der Waals surface area contributed by atoms with Crippen molar-refractivity contribution in [1.29, 1.82) is 0 Å². The van der Waals surface area contributed by atoms with Crippen molar-refractivity contribution in [3.8, 4) is 0 Å². The van der Waals surface area contributed by atoms with E-state index < -0.39 is 6.09 Å². The predicted molar refractivity (Wildman–Crippen MR) is 127 cm³/mol. The summed E-state index contributed by atoms with van der Waals surface area (Å²) in [6.45, 7) is 8.55. The lowest BCUT2D eigenvalue weighted by Crippen LogP contribution is -2.54. The number of rotatable bonds is 6. The van der Waals surface area contributed by atoms with Crippen molar-refractivity contribution >= 4 is 11.8 Å². The maximum Gasteiger partial charge on any atom is 0.433 e. The second-order valence-electron chi connectivity index (χ2n) is 11.8. The van der Waals surface area contributed by atoms with Gasteiger partial charge in [0.1, 0.15) is 0 Å². The predicted octanol–water partition coefficient (Wildman–Crippen LogP) is 4.72. The van der Waals surface area contributed by atoms with E-state index >= 15 is 0 Å². The second-order valence-corrected chi connectivity index (χ2v) is 11.8. The molecule has 0 aromatic rings. The van der Waals surface area contributed by atoms with Crippen LogP contribution in [0.2, 0.25) is 0 Å². The second kappa shape index (κ2) is 9.61. The Bertz CT molecular complexity index is 712. The summed E-state index contributed by atoms with van der Waals surface area (Å²) in [5, 5.41) is 20.4. The Kier molecular flexibility index (Phi) is 7.21. The highest BCUT2D eigenvalue weighted by Gasteiger charge is 2.60. The van der Waals surface area contributed by atoms with Gasteiger partial charge in [-0.3, -0.25) is 4.84 Å². The maximum absolute atomic E-state index is 12.0. The Balaban J connectivity index is 1.40. The first-order valence-electron chi connectivity index (χ1n) is 13.1. The van der Waals surface area contributed by atoms with Crippen LogP contribution in [0, 0.1) is 40.4 Å². The minimum Gasteiger partial charge on any atom is -0.393 e. The smallest absolute Gasteiger partial charge is 0.393 e. The van der Waals surface area contributed by atoms with Crippen LogP contribution in [0.1, 0.15) is 85.0 Å². The number of nitrogens with zero attached hydrogens (tertiary/aromatic N) is 1. The number of aliphatic hydroxyl groups excluding tert-OH is 1. The van der Waals surface area contributed by atoms with Gasteiger partial charge in [-0.25, -0.2) is 4.79 Å². The van der Waals surface area contributed by atoms with Gasteiger partial charge in [0.25, 0.3) is 0 Å². The Morgan fingerprint density at radius 2 is 1.78 bits per heavy atom. The fraction of sp³-hybridized carbons (Fsp3) is 0.923. The van der Waals surface area contributed by atoms with Gasteiger partial charge in [0, 0.05) is 12.5 Å². The third-order valence-corrected chi connectivity index (χ3v) is 10.3. The summed E-state index contributed by atoms with van der Waals surface area (Å²) in [5.41, 5.74) is 1.66. The van der Waals surface area contributed by atoms with Crippen LogP contribution in [0.3, 0.4) is 0 Å². The van der Waals surface area contributed by atoms with Crippen molar-refractivity contribution in [2.45, 2.75) is 91.1 Å². The summed E-state index contributed by atoms with van der Waals surface area (Å²) in [6, 6.07) is 0. The lowest BCUT2D eigenvalue weighted by atomic mass is 9.44. The molecule has 0 aliphatic heterocycles. The van der Waals surface area contributed by atoms with Gasteiger partial charge in [-0.2, -0.15) is 0 Å². The molecule has 3 N–H and O–H groups in total. The van der Waals surface area contributed by atoms with Crippen LogP contribution in [0.15, 0.2) is 5.16 Å². The molecule has 0 bridgehead atoms. The monoisotopic (exact) mass is 447 g/mol. The number of nitrogens with one attached hydrogen (secondary N) is 2. The Hall–Kier alpha value is -1.14. The van der Waals surface area contributed by atoms with Gasteiger partial charge in [-0.05, 0) is 119 Å². The summed E-state index contributed by atoms with van der Waals surface area (Å²) >= 11 is 0. The molecule has 0 unspecified atom stereocenters. The maximum atomic E-state index is 12.0. The molecule has 0 aromatic heterocycles. The Morgan fingerprint density at radius 3 is 2.56 bits per heavy atom. The fourth-order valence-corrected chi connectivity index (χ4v) is 8.59. The standard InChI is InChI=1S/C26H45N3O3/c1-17(29-32-24(31)28-15-5-14-27-4)21-8-9-22-20-7-6-18-16-19(30)10-12-25(18,2)23(20)11-13-26(21,22)3/h18-23,27,30H,5-16H2,1-4H3,(H,28,31)/b29-17+/t18-,19-,20+,21-,22+,23+,25+,26-/m1/s1. The molecule has 4 aliphatic rings. The minimum atomic E-state index is -0.449. The number of oxime groups is 1. The number of carbonyl (C=O) groups excluding carboxylic acids is 1. The Labute approximate surface area is 194 Å². The van der Waals surface area contributed by atoms with E-state index in [1.165, 1.54) is 38.5 Å². The van der Waals surface area contributed by atoms with Gasteiger partial charge in [0.05, 0.1) is 11.8 Å². The van der Waals surface area contributed by atoms with Crippen molar-refractivity contribution in [2.24, 2.45) is 45.6 Å². The van der Waals surface area contributed by atoms with E-state index in [0.29, 0.717) is 23.8 Å². The molecule has 8 atom stereocenters. The summed E-state index contributed by atoms with van der Waals surface area (Å²) in [7, 11) is 1.90. The highest BCUT2D eigenvalue weighted by molar-refractivity contribution is 5.85. The SMILES string of the molecule is CNCCCNC(=O)O/N=C(\C)[C@H]1CC[C@H]2[C@@H]3CC[C@@H]4C[C@H](O)CC[C@]4(C)[C@H]3CC[C@]12C. The molecular formula is C26H45N3O3. The van der Waals surface area contributed by atoms with Crippen LogP contribution in [-0.4, -0.2) is 43.2 Å². The van der Waals surface area contributed by atoms with E-state index in [1.807, 2.05) is 7.05 Å². The van der Waals surface area contributed by atoms with Crippen molar-refractivity contribution < 1.29 is 14.7 Å². The van der Waals surface area contributed by atoms with Crippen molar-refractivity contribution in [1.82, 2.24) is 10.6 Å². The molecule has 6 nitrogen and oxygen atoms in total. The van der Waals surface area contributed by atoms with E-state index in [-0.39, 0.29) is 11.5 Å². The number of hydrogen-bond donors (Lipinski definition) is 3. The lowest BCUT2D eigenvalue weighted by molar-refractivity contribution is -0.123. The molecule has 1 amide bonds. The molecule has 0 spiro atoms. The fourth-order valence-electron chi connectivity index (χ4n) is 8.59. The normalized spacial score (nSPS) is 43.7. The van der Waals surface area contributed by atoms with E-state index in [1.54, 1.807) is 0 Å². The first-order valence-corrected chi connectivity index (χ1v) is 13.1. The quantitative estimate of drug-likeness (QED) is 0.238. The van der Waals surface area contributed by atoms with E-state index in [9.17, 15) is 9.90 Å². The average molecular weight is 448 g/mol. The molecule has 4 aliphatic carbocycles. The third-order valence-electron chi connectivity index (χ3n) is 10.3. The molecule has 0 saturated heterocycles. The number of carbonyl (C=O) groups is 1. The molecule has 6 heteroatoms. The number of hydrogen-bond acceptors (Lipinski definition) is 5. The van der Waals surface area contributed by atoms with Gasteiger partial charge < -0.3 is 15.7 Å². The molecule has 0 radical (unpaired) electrons. The number of aliphatic hydroxyl groups is 1. The van der Waals surface area contributed by atoms with Gasteiger partial charge in [-0.15, -0.1) is 0 Å². The van der Waals surface area contributed by atoms with E-state index in [2.05, 4.69) is 36.6 Å². The summed E-state index contributed by atoms with van der Waals surface area (Å²) in [4.78, 5) is 17.2. The zero-order valence-electron chi connectivity index (χ0n) is 20.7. The van der Waals surface area contributed by atoms with Gasteiger partial charge in [0.15, 0.2) is 0 Å². The van der Waals surface area contributed by atoms with E-state index in [0.717, 1.165) is 55.7 Å². The van der Waals surface area contributed by atoms with E-state index in [4.69, 9.17) is 4.84 Å². The van der Waals surface area contributed by atoms with Crippen LogP contribution in [0.5, 0.6) is 0 Å². The van der Waals surface area contributed by atoms with Crippen molar-refractivity contribution in [3.05, 3.63) is 0 Å². The minimum absolute atomic E-state index is 0.0753. The van der Waals surface area contributed by atoms with Crippen LogP contribution >= 0.6 is 0 Å². The van der Waals surface area contributed by atoms with Crippen molar-refractivity contribution in [3.63, 3.8) is 0 Å². The van der Waals surface area contributed by atoms with Gasteiger partial charge >= 0.3 is 6.09 Å². The van der Waals surface area contributed by atoms with Crippen molar-refractivity contribution in [2.75, 3.05) is 20.1 Å². The van der Waals surface area contributed by atoms with Crippen LogP contribution in [0.4, 0.5) is 4.79 Å². The molecule has 4 saturated carbocycles. The molecule has 182 valence electrons. The summed E-state index contributed by atoms with van der Waals surface area (Å²) in [5.74, 6) is 3.47. The number of amides is 1. The lowest BCUT2D eigenvalue weighted by Gasteiger charge is -2.61. The van der Waals surface area contributed by atoms with Gasteiger partial charge in [0.2, 0.25) is 0 Å². The van der Waals surface area contributed by atoms with Crippen LogP contribution in [0.25, 0.3) is 0 Å². The van der Waals surface area contributed by atoms with Crippen LogP contribution < -0.4 is 10.6 Å². The summed E-state index contributed by atoms with van der Waals surface area (Å²) < 4.78 is 0. The molecular weight excluding hydrogens is 402 g/mol. The highest BCUT2D eigenvalue weighted by Crippen LogP contribution is 2.67. The van der Waals surface area contributed by atoms with Crippen LogP contribution in [-0.2, 0) is 4.84 Å². The average Bonchev–Trinajstić information content (AvgIpc) is 3.13. The molecule has 4 rings (SSSR count). The third kappa shape index (κ3) is 4.34.